The monoisotopic (exact) mass is 276 g/mol. The zero-order valence-electron chi connectivity index (χ0n) is 10.4. The third-order valence-corrected chi connectivity index (χ3v) is 4.43. The van der Waals surface area contributed by atoms with Crippen molar-refractivity contribution in [1.29, 1.82) is 0 Å². The lowest BCUT2D eigenvalue weighted by Gasteiger charge is -2.10. The van der Waals surface area contributed by atoms with E-state index < -0.39 is 6.10 Å². The molecule has 0 bridgehead atoms. The summed E-state index contributed by atoms with van der Waals surface area (Å²) in [7, 11) is 1.63. The van der Waals surface area contributed by atoms with Gasteiger partial charge in [0.05, 0.1) is 13.2 Å². The predicted octanol–water partition coefficient (Wildman–Crippen LogP) is 3.58. The molecule has 2 nitrogen and oxygen atoms in total. The Morgan fingerprint density at radius 1 is 1.21 bits per heavy atom. The topological polar surface area (TPSA) is 29.5 Å². The number of methoxy groups -OCH3 is 1. The van der Waals surface area contributed by atoms with Crippen LogP contribution in [0.3, 0.4) is 0 Å². The van der Waals surface area contributed by atoms with Crippen LogP contribution >= 0.6 is 11.8 Å². The molecule has 2 aromatic rings. The molecule has 1 heterocycles. The van der Waals surface area contributed by atoms with Gasteiger partial charge in [-0.25, -0.2) is 4.39 Å². The maximum Gasteiger partial charge on any atom is 0.123 e. The van der Waals surface area contributed by atoms with E-state index in [0.29, 0.717) is 12.0 Å². The van der Waals surface area contributed by atoms with Gasteiger partial charge in [-0.15, -0.1) is 0 Å². The summed E-state index contributed by atoms with van der Waals surface area (Å²) in [6.07, 6.45) is -0.184. The Hall–Kier alpha value is -1.52. The van der Waals surface area contributed by atoms with Gasteiger partial charge in [0.15, 0.2) is 0 Å². The van der Waals surface area contributed by atoms with Crippen LogP contribution in [-0.2, 0) is 6.42 Å². The van der Waals surface area contributed by atoms with Crippen molar-refractivity contribution in [3.8, 4) is 5.75 Å². The third kappa shape index (κ3) is 2.33. The van der Waals surface area contributed by atoms with Gasteiger partial charge < -0.3 is 9.84 Å². The molecule has 1 aliphatic heterocycles. The lowest BCUT2D eigenvalue weighted by molar-refractivity contribution is 0.175. The summed E-state index contributed by atoms with van der Waals surface area (Å²) >= 11 is 1.54. The molecule has 1 atom stereocenters. The Morgan fingerprint density at radius 2 is 2.05 bits per heavy atom. The zero-order valence-corrected chi connectivity index (χ0v) is 11.2. The quantitative estimate of drug-likeness (QED) is 0.863. The first-order valence-corrected chi connectivity index (χ1v) is 6.81. The van der Waals surface area contributed by atoms with E-state index in [-0.39, 0.29) is 5.82 Å². The average molecular weight is 276 g/mol. The van der Waals surface area contributed by atoms with Crippen molar-refractivity contribution in [2.75, 3.05) is 7.11 Å². The van der Waals surface area contributed by atoms with Crippen LogP contribution in [0, 0.1) is 5.82 Å². The average Bonchev–Trinajstić information content (AvgIpc) is 2.54. The summed E-state index contributed by atoms with van der Waals surface area (Å²) < 4.78 is 18.5. The first-order valence-electron chi connectivity index (χ1n) is 5.99. The molecule has 2 aromatic carbocycles. The number of ether oxygens (including phenoxy) is 1. The largest absolute Gasteiger partial charge is 0.497 e. The maximum atomic E-state index is 13.3. The Kier molecular flexibility index (Phi) is 3.21. The van der Waals surface area contributed by atoms with Gasteiger partial charge in [-0.3, -0.25) is 0 Å². The van der Waals surface area contributed by atoms with E-state index in [9.17, 15) is 9.50 Å². The minimum Gasteiger partial charge on any atom is -0.497 e. The number of aliphatic hydroxyl groups is 1. The van der Waals surface area contributed by atoms with E-state index >= 15 is 0 Å². The highest BCUT2D eigenvalue weighted by molar-refractivity contribution is 7.99. The molecule has 1 N–H and O–H groups in total. The summed E-state index contributed by atoms with van der Waals surface area (Å²) in [5, 5.41) is 10.2. The van der Waals surface area contributed by atoms with Crippen LogP contribution in [-0.4, -0.2) is 12.2 Å². The molecule has 0 radical (unpaired) electrons. The number of benzene rings is 2. The molecule has 4 heteroatoms. The van der Waals surface area contributed by atoms with E-state index in [4.69, 9.17) is 4.74 Å². The molecule has 0 aliphatic carbocycles. The number of rotatable bonds is 1. The first kappa shape index (κ1) is 12.5. The number of hydrogen-bond donors (Lipinski definition) is 1. The van der Waals surface area contributed by atoms with Crippen LogP contribution in [0.5, 0.6) is 5.75 Å². The zero-order chi connectivity index (χ0) is 13.4. The van der Waals surface area contributed by atoms with Gasteiger partial charge in [0.1, 0.15) is 11.6 Å². The second kappa shape index (κ2) is 4.87. The van der Waals surface area contributed by atoms with Gasteiger partial charge in [-0.05, 0) is 41.5 Å². The highest BCUT2D eigenvalue weighted by Crippen LogP contribution is 2.42. The maximum absolute atomic E-state index is 13.3. The van der Waals surface area contributed by atoms with Crippen LogP contribution in [0.25, 0.3) is 0 Å². The molecule has 0 saturated carbocycles. The van der Waals surface area contributed by atoms with Gasteiger partial charge in [0.25, 0.3) is 0 Å². The SMILES string of the molecule is COc1ccc2c(c1)Sc1ccc(F)cc1C(O)C2. The molecule has 1 aliphatic rings. The van der Waals surface area contributed by atoms with E-state index in [1.54, 1.807) is 13.2 Å². The van der Waals surface area contributed by atoms with Crippen LogP contribution < -0.4 is 4.74 Å². The molecule has 0 fully saturated rings. The first-order chi connectivity index (χ1) is 9.17. The Bertz CT molecular complexity index is 628. The fourth-order valence-corrected chi connectivity index (χ4v) is 3.38. The Balaban J connectivity index is 2.10. The van der Waals surface area contributed by atoms with Crippen LogP contribution in [0.1, 0.15) is 17.2 Å². The van der Waals surface area contributed by atoms with E-state index in [2.05, 4.69) is 0 Å². The highest BCUT2D eigenvalue weighted by atomic mass is 32.2. The van der Waals surface area contributed by atoms with Crippen molar-refractivity contribution in [3.05, 3.63) is 53.3 Å². The van der Waals surface area contributed by atoms with Gasteiger partial charge >= 0.3 is 0 Å². The molecule has 19 heavy (non-hydrogen) atoms. The summed E-state index contributed by atoms with van der Waals surface area (Å²) in [4.78, 5) is 1.93. The summed E-state index contributed by atoms with van der Waals surface area (Å²) in [6, 6.07) is 10.3. The lowest BCUT2D eigenvalue weighted by Crippen LogP contribution is -2.02. The minimum atomic E-state index is -0.673. The smallest absolute Gasteiger partial charge is 0.123 e. The van der Waals surface area contributed by atoms with E-state index in [1.807, 2.05) is 18.2 Å². The van der Waals surface area contributed by atoms with Crippen molar-refractivity contribution in [3.63, 3.8) is 0 Å². The van der Waals surface area contributed by atoms with E-state index in [0.717, 1.165) is 21.1 Å². The number of fused-ring (bicyclic) bond motifs is 2. The van der Waals surface area contributed by atoms with Crippen molar-refractivity contribution in [2.45, 2.75) is 22.3 Å². The van der Waals surface area contributed by atoms with Crippen LogP contribution in [0.15, 0.2) is 46.2 Å². The lowest BCUT2D eigenvalue weighted by atomic mass is 10.0. The highest BCUT2D eigenvalue weighted by Gasteiger charge is 2.21. The van der Waals surface area contributed by atoms with Gasteiger partial charge in [-0.1, -0.05) is 17.8 Å². The molecular weight excluding hydrogens is 263 g/mol. The summed E-state index contributed by atoms with van der Waals surface area (Å²) in [5.41, 5.74) is 1.70. The standard InChI is InChI=1S/C15H13FO2S/c1-18-11-4-2-9-6-13(17)12-7-10(16)3-5-14(12)19-15(9)8-11/h2-5,7-8,13,17H,6H2,1H3. The van der Waals surface area contributed by atoms with Gasteiger partial charge in [0.2, 0.25) is 0 Å². The van der Waals surface area contributed by atoms with Gasteiger partial charge in [0, 0.05) is 16.2 Å². The van der Waals surface area contributed by atoms with E-state index in [1.165, 1.54) is 23.9 Å². The van der Waals surface area contributed by atoms with Crippen molar-refractivity contribution >= 4 is 11.8 Å². The van der Waals surface area contributed by atoms with Crippen molar-refractivity contribution in [2.24, 2.45) is 0 Å². The molecule has 0 amide bonds. The third-order valence-electron chi connectivity index (χ3n) is 3.24. The Morgan fingerprint density at radius 3 is 2.84 bits per heavy atom. The molecule has 0 spiro atoms. The normalized spacial score (nSPS) is 17.3. The molecule has 0 saturated heterocycles. The molecule has 98 valence electrons. The van der Waals surface area contributed by atoms with Crippen LogP contribution in [0.4, 0.5) is 4.39 Å². The summed E-state index contributed by atoms with van der Waals surface area (Å²) in [5.74, 6) is 0.466. The predicted molar refractivity (Wildman–Crippen MR) is 72.2 cm³/mol. The van der Waals surface area contributed by atoms with Crippen molar-refractivity contribution < 1.29 is 14.2 Å². The van der Waals surface area contributed by atoms with Gasteiger partial charge in [-0.2, -0.15) is 0 Å². The number of hydrogen-bond acceptors (Lipinski definition) is 3. The van der Waals surface area contributed by atoms with Crippen molar-refractivity contribution in [1.82, 2.24) is 0 Å². The summed E-state index contributed by atoms with van der Waals surface area (Å²) in [6.45, 7) is 0. The number of aliphatic hydroxyl groups excluding tert-OH is 1. The second-order valence-electron chi connectivity index (χ2n) is 4.48. The minimum absolute atomic E-state index is 0.318. The molecular formula is C15H13FO2S. The van der Waals surface area contributed by atoms with Crippen LogP contribution in [0.2, 0.25) is 0 Å². The molecule has 3 rings (SSSR count). The second-order valence-corrected chi connectivity index (χ2v) is 5.56. The molecule has 0 aromatic heterocycles. The fourth-order valence-electron chi connectivity index (χ4n) is 2.23. The fraction of sp³-hybridized carbons (Fsp3) is 0.200. The molecule has 1 unspecified atom stereocenters. The number of halogens is 1. The Labute approximate surface area is 115 Å².